The second-order valence-corrected chi connectivity index (χ2v) is 5.77. The highest BCUT2D eigenvalue weighted by molar-refractivity contribution is 5.94. The number of urea groups is 1. The van der Waals surface area contributed by atoms with Crippen molar-refractivity contribution >= 4 is 17.6 Å². The molecule has 1 aliphatic rings. The van der Waals surface area contributed by atoms with E-state index in [1.165, 1.54) is 0 Å². The molecule has 3 N–H and O–H groups in total. The SMILES string of the molecule is C[C@H]1CCNC(=O)[C@H]1NC(=O)Nc1cccc(-n2cccc2)c1. The Balaban J connectivity index is 1.66. The van der Waals surface area contributed by atoms with E-state index < -0.39 is 6.04 Å². The summed E-state index contributed by atoms with van der Waals surface area (Å²) in [5.74, 6) is 0.000649. The van der Waals surface area contributed by atoms with Crippen molar-refractivity contribution in [3.8, 4) is 5.69 Å². The Morgan fingerprint density at radius 3 is 2.78 bits per heavy atom. The lowest BCUT2D eigenvalue weighted by atomic mass is 9.94. The standard InChI is InChI=1S/C17H20N4O2/c1-12-7-8-18-16(22)15(12)20-17(23)19-13-5-4-6-14(11-13)21-9-2-3-10-21/h2-6,9-12,15H,7-8H2,1H3,(H,18,22)(H2,19,20,23)/t12-,15-/m0/s1. The molecule has 1 aromatic heterocycles. The van der Waals surface area contributed by atoms with Crippen LogP contribution in [-0.4, -0.2) is 29.1 Å². The van der Waals surface area contributed by atoms with E-state index in [0.717, 1.165) is 12.1 Å². The molecule has 1 aliphatic heterocycles. The van der Waals surface area contributed by atoms with Crippen molar-refractivity contribution in [1.82, 2.24) is 15.2 Å². The Bertz CT molecular complexity index is 696. The number of benzene rings is 1. The molecule has 6 heteroatoms. The number of rotatable bonds is 3. The van der Waals surface area contributed by atoms with Crippen molar-refractivity contribution in [2.24, 2.45) is 5.92 Å². The van der Waals surface area contributed by atoms with Crippen molar-refractivity contribution in [1.29, 1.82) is 0 Å². The van der Waals surface area contributed by atoms with Crippen molar-refractivity contribution in [3.05, 3.63) is 48.8 Å². The Morgan fingerprint density at radius 1 is 1.26 bits per heavy atom. The van der Waals surface area contributed by atoms with Crippen LogP contribution in [-0.2, 0) is 4.79 Å². The monoisotopic (exact) mass is 312 g/mol. The summed E-state index contributed by atoms with van der Waals surface area (Å²) in [5, 5.41) is 8.32. The fraction of sp³-hybridized carbons (Fsp3) is 0.294. The van der Waals surface area contributed by atoms with Gasteiger partial charge in [0.15, 0.2) is 0 Å². The quantitative estimate of drug-likeness (QED) is 0.812. The predicted molar refractivity (Wildman–Crippen MR) is 88.5 cm³/mol. The van der Waals surface area contributed by atoms with Gasteiger partial charge in [-0.25, -0.2) is 4.79 Å². The first-order chi connectivity index (χ1) is 11.1. The van der Waals surface area contributed by atoms with Crippen LogP contribution in [0.25, 0.3) is 5.69 Å². The third kappa shape index (κ3) is 3.53. The van der Waals surface area contributed by atoms with Gasteiger partial charge >= 0.3 is 6.03 Å². The average Bonchev–Trinajstić information content (AvgIpc) is 3.06. The molecule has 0 unspecified atom stereocenters. The molecule has 3 amide bonds. The second kappa shape index (κ2) is 6.56. The number of carbonyl (C=O) groups excluding carboxylic acids is 2. The van der Waals surface area contributed by atoms with Crippen LogP contribution >= 0.6 is 0 Å². The molecule has 0 radical (unpaired) electrons. The third-order valence-electron chi connectivity index (χ3n) is 4.04. The molecule has 6 nitrogen and oxygen atoms in total. The van der Waals surface area contributed by atoms with E-state index in [1.807, 2.05) is 60.3 Å². The van der Waals surface area contributed by atoms with Gasteiger partial charge in [-0.1, -0.05) is 13.0 Å². The summed E-state index contributed by atoms with van der Waals surface area (Å²) in [4.78, 5) is 24.0. The first-order valence-corrected chi connectivity index (χ1v) is 7.72. The van der Waals surface area contributed by atoms with E-state index in [-0.39, 0.29) is 17.9 Å². The summed E-state index contributed by atoms with van der Waals surface area (Å²) in [6, 6.07) is 10.5. The molecule has 2 aromatic rings. The van der Waals surface area contributed by atoms with E-state index >= 15 is 0 Å². The van der Waals surface area contributed by atoms with Gasteiger partial charge < -0.3 is 20.5 Å². The number of nitrogens with zero attached hydrogens (tertiary/aromatic N) is 1. The Hall–Kier alpha value is -2.76. The topological polar surface area (TPSA) is 75.2 Å². The number of nitrogens with one attached hydrogen (secondary N) is 3. The minimum atomic E-state index is -0.489. The fourth-order valence-electron chi connectivity index (χ4n) is 2.73. The van der Waals surface area contributed by atoms with Crippen molar-refractivity contribution < 1.29 is 9.59 Å². The minimum Gasteiger partial charge on any atom is -0.354 e. The van der Waals surface area contributed by atoms with E-state index in [1.54, 1.807) is 0 Å². The van der Waals surface area contributed by atoms with Crippen molar-refractivity contribution in [3.63, 3.8) is 0 Å². The number of aromatic nitrogens is 1. The summed E-state index contributed by atoms with van der Waals surface area (Å²) in [5.41, 5.74) is 1.63. The molecule has 2 atom stereocenters. The molecule has 2 heterocycles. The van der Waals surface area contributed by atoms with Gasteiger partial charge in [0.25, 0.3) is 0 Å². The lowest BCUT2D eigenvalue weighted by Gasteiger charge is -2.28. The van der Waals surface area contributed by atoms with E-state index in [2.05, 4.69) is 16.0 Å². The highest BCUT2D eigenvalue weighted by Crippen LogP contribution is 2.16. The molecule has 1 fully saturated rings. The van der Waals surface area contributed by atoms with Crippen LogP contribution in [0.2, 0.25) is 0 Å². The van der Waals surface area contributed by atoms with E-state index in [4.69, 9.17) is 0 Å². The van der Waals surface area contributed by atoms with Gasteiger partial charge in [-0.05, 0) is 42.7 Å². The lowest BCUT2D eigenvalue weighted by molar-refractivity contribution is -0.125. The zero-order valence-electron chi connectivity index (χ0n) is 13.0. The number of anilines is 1. The van der Waals surface area contributed by atoms with Gasteiger partial charge in [0, 0.05) is 30.3 Å². The lowest BCUT2D eigenvalue weighted by Crippen LogP contribution is -2.55. The van der Waals surface area contributed by atoms with Gasteiger partial charge in [-0.3, -0.25) is 4.79 Å². The van der Waals surface area contributed by atoms with Gasteiger partial charge in [-0.2, -0.15) is 0 Å². The van der Waals surface area contributed by atoms with Crippen LogP contribution in [0.4, 0.5) is 10.5 Å². The molecule has 23 heavy (non-hydrogen) atoms. The molecular weight excluding hydrogens is 292 g/mol. The number of hydrogen-bond donors (Lipinski definition) is 3. The highest BCUT2D eigenvalue weighted by atomic mass is 16.2. The summed E-state index contributed by atoms with van der Waals surface area (Å²) < 4.78 is 1.96. The fourth-order valence-corrected chi connectivity index (χ4v) is 2.73. The maximum atomic E-state index is 12.2. The van der Waals surface area contributed by atoms with Gasteiger partial charge in [0.1, 0.15) is 6.04 Å². The second-order valence-electron chi connectivity index (χ2n) is 5.77. The summed E-state index contributed by atoms with van der Waals surface area (Å²) in [6.07, 6.45) is 4.74. The smallest absolute Gasteiger partial charge is 0.319 e. The van der Waals surface area contributed by atoms with Crippen molar-refractivity contribution in [2.45, 2.75) is 19.4 Å². The maximum Gasteiger partial charge on any atom is 0.319 e. The molecule has 0 spiro atoms. The zero-order chi connectivity index (χ0) is 16.2. The number of piperidine rings is 1. The van der Waals surface area contributed by atoms with Gasteiger partial charge in [0.05, 0.1) is 0 Å². The molecule has 0 bridgehead atoms. The molecule has 0 aliphatic carbocycles. The number of hydrogen-bond acceptors (Lipinski definition) is 2. The first-order valence-electron chi connectivity index (χ1n) is 7.72. The normalized spacial score (nSPS) is 20.7. The largest absolute Gasteiger partial charge is 0.354 e. The summed E-state index contributed by atoms with van der Waals surface area (Å²) >= 11 is 0. The predicted octanol–water partition coefficient (Wildman–Crippen LogP) is 2.12. The molecule has 1 aromatic carbocycles. The van der Waals surface area contributed by atoms with Crippen molar-refractivity contribution in [2.75, 3.05) is 11.9 Å². The van der Waals surface area contributed by atoms with Gasteiger partial charge in [0.2, 0.25) is 5.91 Å². The molecule has 1 saturated heterocycles. The first kappa shape index (κ1) is 15.1. The van der Waals surface area contributed by atoms with Crippen LogP contribution in [0.3, 0.4) is 0 Å². The summed E-state index contributed by atoms with van der Waals surface area (Å²) in [7, 11) is 0. The van der Waals surface area contributed by atoms with Crippen LogP contribution in [0.1, 0.15) is 13.3 Å². The van der Waals surface area contributed by atoms with Crippen LogP contribution in [0.15, 0.2) is 48.8 Å². The van der Waals surface area contributed by atoms with Gasteiger partial charge in [-0.15, -0.1) is 0 Å². The van der Waals surface area contributed by atoms with Crippen LogP contribution in [0, 0.1) is 5.92 Å². The minimum absolute atomic E-state index is 0.125. The molecule has 120 valence electrons. The number of carbonyl (C=O) groups is 2. The molecule has 0 saturated carbocycles. The average molecular weight is 312 g/mol. The van der Waals surface area contributed by atoms with E-state index in [0.29, 0.717) is 12.2 Å². The van der Waals surface area contributed by atoms with Crippen LogP contribution < -0.4 is 16.0 Å². The Labute approximate surface area is 134 Å². The third-order valence-corrected chi connectivity index (χ3v) is 4.04. The Morgan fingerprint density at radius 2 is 2.04 bits per heavy atom. The van der Waals surface area contributed by atoms with E-state index in [9.17, 15) is 9.59 Å². The maximum absolute atomic E-state index is 12.2. The molecule has 3 rings (SSSR count). The molecular formula is C17H20N4O2. The highest BCUT2D eigenvalue weighted by Gasteiger charge is 2.30. The Kier molecular flexibility index (Phi) is 4.32. The summed E-state index contributed by atoms with van der Waals surface area (Å²) in [6.45, 7) is 2.63. The van der Waals surface area contributed by atoms with Crippen LogP contribution in [0.5, 0.6) is 0 Å². The number of amides is 3. The zero-order valence-corrected chi connectivity index (χ0v) is 13.0.